The first-order valence-corrected chi connectivity index (χ1v) is 16.2. The lowest BCUT2D eigenvalue weighted by Crippen LogP contribution is -2.67. The smallest absolute Gasteiger partial charge is 0.305 e. The first-order valence-electron chi connectivity index (χ1n) is 14.3. The van der Waals surface area contributed by atoms with Crippen LogP contribution in [-0.2, 0) is 15.8 Å². The average Bonchev–Trinajstić information content (AvgIpc) is 3.51. The summed E-state index contributed by atoms with van der Waals surface area (Å²) >= 11 is 0. The van der Waals surface area contributed by atoms with E-state index in [1.807, 2.05) is 66.7 Å². The van der Waals surface area contributed by atoms with Crippen molar-refractivity contribution in [3.8, 4) is 11.4 Å². The van der Waals surface area contributed by atoms with Gasteiger partial charge in [-0.1, -0.05) is 118 Å². The molecule has 0 aliphatic carbocycles. The van der Waals surface area contributed by atoms with Crippen molar-refractivity contribution in [2.45, 2.75) is 38.5 Å². The van der Waals surface area contributed by atoms with E-state index in [1.165, 1.54) is 16.8 Å². The lowest BCUT2D eigenvalue weighted by Gasteiger charge is -2.43. The minimum absolute atomic E-state index is 0.0468. The average molecular weight is 612 g/mol. The van der Waals surface area contributed by atoms with Crippen molar-refractivity contribution < 1.29 is 18.5 Å². The van der Waals surface area contributed by atoms with Crippen molar-refractivity contribution in [2.24, 2.45) is 0 Å². The number of nitro groups is 1. The second-order valence-electron chi connectivity index (χ2n) is 11.5. The van der Waals surface area contributed by atoms with Gasteiger partial charge in [-0.2, -0.15) is 4.39 Å². The Hall–Kier alpha value is -4.58. The normalized spacial score (nSPS) is 12.6. The first-order chi connectivity index (χ1) is 21.2. The van der Waals surface area contributed by atoms with Crippen LogP contribution in [0.25, 0.3) is 11.4 Å². The lowest BCUT2D eigenvalue weighted by atomic mass is 10.1. The van der Waals surface area contributed by atoms with E-state index in [0.717, 1.165) is 22.0 Å². The molecule has 1 unspecified atom stereocenters. The van der Waals surface area contributed by atoms with Crippen LogP contribution in [0.4, 0.5) is 10.1 Å². The largest absolute Gasteiger partial charge is 0.405 e. The molecule has 226 valence electrons. The fourth-order valence-electron chi connectivity index (χ4n) is 5.51. The maximum Gasteiger partial charge on any atom is 0.305 e. The third kappa shape index (κ3) is 6.35. The van der Waals surface area contributed by atoms with Crippen LogP contribution in [0, 0.1) is 15.9 Å². The van der Waals surface area contributed by atoms with Gasteiger partial charge in [0.1, 0.15) is 6.04 Å². The summed E-state index contributed by atoms with van der Waals surface area (Å²) in [6.07, 6.45) is 0. The number of halogens is 1. The summed E-state index contributed by atoms with van der Waals surface area (Å²) in [5.74, 6) is -0.962. The van der Waals surface area contributed by atoms with Gasteiger partial charge in [0.15, 0.2) is 5.82 Å². The molecule has 0 aliphatic rings. The summed E-state index contributed by atoms with van der Waals surface area (Å²) in [4.78, 5) is 10.7. The van der Waals surface area contributed by atoms with Crippen molar-refractivity contribution >= 4 is 24.4 Å². The maximum atomic E-state index is 15.4. The summed E-state index contributed by atoms with van der Waals surface area (Å²) in [6, 6.07) is 33.5. The van der Waals surface area contributed by atoms with Crippen molar-refractivity contribution in [3.63, 3.8) is 0 Å². The molecule has 0 spiro atoms. The second-order valence-corrected chi connectivity index (χ2v) is 15.8. The van der Waals surface area contributed by atoms with Crippen LogP contribution in [-0.4, -0.2) is 46.7 Å². The Morgan fingerprint density at radius 2 is 1.45 bits per heavy atom. The minimum Gasteiger partial charge on any atom is -0.405 e. The van der Waals surface area contributed by atoms with Gasteiger partial charge in [-0.3, -0.25) is 10.1 Å². The minimum atomic E-state index is -2.96. The highest BCUT2D eigenvalue weighted by molar-refractivity contribution is 6.99. The van der Waals surface area contributed by atoms with E-state index in [9.17, 15) is 10.1 Å². The molecule has 1 heterocycles. The molecule has 0 N–H and O–H groups in total. The highest BCUT2D eigenvalue weighted by atomic mass is 28.4. The first kappa shape index (κ1) is 30.9. The third-order valence-electron chi connectivity index (χ3n) is 7.59. The standard InChI is InChI=1S/C33H34FN5O4Si/c1-33(2,3)44(27-16-9-5-10-17-27,28-18-11-6-12-19-28)43-24-26(23-42-22-25-14-7-4-8-15-25)38-32(35-36-37-38)29-20-13-21-30(31(29)34)39(40)41/h4-21,26H,22-24H2,1-3H3. The molecule has 0 aliphatic heterocycles. The van der Waals surface area contributed by atoms with E-state index >= 15 is 4.39 Å². The Morgan fingerprint density at radius 1 is 0.864 bits per heavy atom. The molecular formula is C33H34FN5O4Si. The molecular weight excluding hydrogens is 577 g/mol. The number of ether oxygens (including phenoxy) is 1. The van der Waals surface area contributed by atoms with Crippen LogP contribution in [0.15, 0.2) is 109 Å². The second kappa shape index (κ2) is 13.4. The van der Waals surface area contributed by atoms with E-state index in [2.05, 4.69) is 60.6 Å². The van der Waals surface area contributed by atoms with E-state index in [4.69, 9.17) is 9.16 Å². The molecule has 0 amide bonds. The lowest BCUT2D eigenvalue weighted by molar-refractivity contribution is -0.387. The predicted octanol–water partition coefficient (Wildman–Crippen LogP) is 5.72. The Labute approximate surface area is 256 Å². The fraction of sp³-hybridized carbons (Fsp3) is 0.242. The highest BCUT2D eigenvalue weighted by Crippen LogP contribution is 2.37. The van der Waals surface area contributed by atoms with Gasteiger partial charge >= 0.3 is 5.69 Å². The summed E-state index contributed by atoms with van der Waals surface area (Å²) in [5, 5.41) is 25.5. The molecule has 0 bridgehead atoms. The van der Waals surface area contributed by atoms with Crippen LogP contribution >= 0.6 is 0 Å². The molecule has 0 saturated heterocycles. The van der Waals surface area contributed by atoms with Gasteiger partial charge in [0.2, 0.25) is 5.82 Å². The molecule has 9 nitrogen and oxygen atoms in total. The number of tetrazole rings is 1. The van der Waals surface area contributed by atoms with Gasteiger partial charge in [-0.25, -0.2) is 4.68 Å². The van der Waals surface area contributed by atoms with Crippen LogP contribution in [0.1, 0.15) is 32.4 Å². The Kier molecular flexibility index (Phi) is 9.38. The molecule has 11 heteroatoms. The molecule has 44 heavy (non-hydrogen) atoms. The molecule has 5 aromatic rings. The number of hydrogen-bond acceptors (Lipinski definition) is 7. The Bertz CT molecular complexity index is 1640. The summed E-state index contributed by atoms with van der Waals surface area (Å²) in [6.45, 7) is 7.15. The van der Waals surface area contributed by atoms with Crippen molar-refractivity contribution in [2.75, 3.05) is 13.2 Å². The monoisotopic (exact) mass is 611 g/mol. The number of nitrogens with zero attached hydrogens (tertiary/aromatic N) is 5. The summed E-state index contributed by atoms with van der Waals surface area (Å²) < 4.78 is 30.2. The van der Waals surface area contributed by atoms with Crippen molar-refractivity contribution in [1.82, 2.24) is 20.2 Å². The van der Waals surface area contributed by atoms with Crippen molar-refractivity contribution in [1.29, 1.82) is 0 Å². The molecule has 1 aromatic heterocycles. The zero-order valence-electron chi connectivity index (χ0n) is 24.8. The SMILES string of the molecule is CC(C)(C)[Si](OCC(COCc1ccccc1)n1nnnc1-c1cccc([N+](=O)[O-])c1F)(c1ccccc1)c1ccccc1. The number of benzene rings is 4. The molecule has 4 aromatic carbocycles. The van der Waals surface area contributed by atoms with E-state index in [-0.39, 0.29) is 29.6 Å². The molecule has 1 atom stereocenters. The molecule has 5 rings (SSSR count). The molecule has 0 fully saturated rings. The maximum absolute atomic E-state index is 15.4. The van der Waals surface area contributed by atoms with Crippen LogP contribution in [0.5, 0.6) is 0 Å². The highest BCUT2D eigenvalue weighted by Gasteiger charge is 2.50. The molecule has 0 saturated carbocycles. The summed E-state index contributed by atoms with van der Waals surface area (Å²) in [7, 11) is -2.96. The van der Waals surface area contributed by atoms with E-state index < -0.39 is 30.8 Å². The van der Waals surface area contributed by atoms with Gasteiger partial charge in [0.05, 0.1) is 30.3 Å². The summed E-state index contributed by atoms with van der Waals surface area (Å²) in [5.41, 5.74) is 0.251. The number of rotatable bonds is 12. The Morgan fingerprint density at radius 3 is 2.02 bits per heavy atom. The zero-order valence-corrected chi connectivity index (χ0v) is 25.8. The van der Waals surface area contributed by atoms with Gasteiger partial charge < -0.3 is 9.16 Å². The number of hydrogen-bond donors (Lipinski definition) is 0. The Balaban J connectivity index is 1.56. The third-order valence-corrected chi connectivity index (χ3v) is 12.6. The zero-order chi connectivity index (χ0) is 31.2. The van der Waals surface area contributed by atoms with Crippen LogP contribution in [0.2, 0.25) is 5.04 Å². The molecule has 0 radical (unpaired) electrons. The number of aromatic nitrogens is 4. The van der Waals surface area contributed by atoms with Gasteiger partial charge in [0, 0.05) is 6.07 Å². The van der Waals surface area contributed by atoms with Gasteiger partial charge in [-0.05, 0) is 37.5 Å². The van der Waals surface area contributed by atoms with Crippen molar-refractivity contribution in [3.05, 3.63) is 131 Å². The fourth-order valence-corrected chi connectivity index (χ4v) is 10.1. The van der Waals surface area contributed by atoms with Crippen LogP contribution < -0.4 is 10.4 Å². The quantitative estimate of drug-likeness (QED) is 0.101. The predicted molar refractivity (Wildman–Crippen MR) is 169 cm³/mol. The van der Waals surface area contributed by atoms with E-state index in [0.29, 0.717) is 6.61 Å². The van der Waals surface area contributed by atoms with Gasteiger partial charge in [-0.15, -0.1) is 5.10 Å². The van der Waals surface area contributed by atoms with E-state index in [1.54, 1.807) is 0 Å². The topological polar surface area (TPSA) is 105 Å². The van der Waals surface area contributed by atoms with Crippen LogP contribution in [0.3, 0.4) is 0 Å². The van der Waals surface area contributed by atoms with Gasteiger partial charge in [0.25, 0.3) is 8.32 Å². The number of nitro benzene ring substituents is 1.